The monoisotopic (exact) mass is 349 g/mol. The maximum atomic E-state index is 11.4. The van der Waals surface area contributed by atoms with Crippen molar-refractivity contribution in [2.45, 2.75) is 19.9 Å². The van der Waals surface area contributed by atoms with Crippen LogP contribution in [-0.2, 0) is 16.1 Å². The van der Waals surface area contributed by atoms with Crippen LogP contribution in [0.5, 0.6) is 0 Å². The van der Waals surface area contributed by atoms with E-state index in [9.17, 15) is 4.79 Å². The van der Waals surface area contributed by atoms with Gasteiger partial charge in [0.05, 0.1) is 13.2 Å². The molecular weight excluding hydrogens is 322 g/mol. The van der Waals surface area contributed by atoms with Gasteiger partial charge in [0.15, 0.2) is 0 Å². The van der Waals surface area contributed by atoms with Crippen molar-refractivity contribution < 1.29 is 9.53 Å². The number of morpholine rings is 1. The number of thiophene rings is 1. The number of ether oxygens (including phenoxy) is 1. The van der Waals surface area contributed by atoms with Crippen LogP contribution in [0.4, 0.5) is 0 Å². The van der Waals surface area contributed by atoms with E-state index in [2.05, 4.69) is 44.5 Å². The molecule has 0 spiro atoms. The third-order valence-corrected chi connectivity index (χ3v) is 4.83. The summed E-state index contributed by atoms with van der Waals surface area (Å²) in [6.45, 7) is 10.2. The Morgan fingerprint density at radius 3 is 2.96 bits per heavy atom. The number of carbonyl (C=O) groups excluding carboxylic acids is 1. The fourth-order valence-corrected chi connectivity index (χ4v) is 3.41. The highest BCUT2D eigenvalue weighted by molar-refractivity contribution is 7.09. The number of nitrogens with one attached hydrogen (secondary N) is 1. The maximum absolute atomic E-state index is 11.4. The van der Waals surface area contributed by atoms with Crippen molar-refractivity contribution in [3.8, 4) is 11.8 Å². The van der Waals surface area contributed by atoms with Gasteiger partial charge in [-0.2, -0.15) is 0 Å². The minimum absolute atomic E-state index is 0.185. The van der Waals surface area contributed by atoms with E-state index in [0.29, 0.717) is 6.54 Å². The summed E-state index contributed by atoms with van der Waals surface area (Å²) in [4.78, 5) is 17.7. The van der Waals surface area contributed by atoms with Crippen molar-refractivity contribution in [2.24, 2.45) is 0 Å². The smallest absolute Gasteiger partial charge is 0.295 e. The molecule has 1 aliphatic heterocycles. The first-order valence-electron chi connectivity index (χ1n) is 8.53. The number of amides is 1. The van der Waals surface area contributed by atoms with E-state index in [4.69, 9.17) is 4.74 Å². The molecule has 1 aromatic heterocycles. The summed E-state index contributed by atoms with van der Waals surface area (Å²) >= 11 is 1.80. The minimum Gasteiger partial charge on any atom is -0.379 e. The molecule has 24 heavy (non-hydrogen) atoms. The van der Waals surface area contributed by atoms with Crippen LogP contribution in [0.25, 0.3) is 0 Å². The predicted molar refractivity (Wildman–Crippen MR) is 97.9 cm³/mol. The molecule has 0 aliphatic carbocycles. The molecule has 1 N–H and O–H groups in total. The van der Waals surface area contributed by atoms with E-state index in [1.165, 1.54) is 4.88 Å². The molecule has 0 saturated carbocycles. The molecule has 5 nitrogen and oxygen atoms in total. The Kier molecular flexibility index (Phi) is 8.85. The van der Waals surface area contributed by atoms with Crippen LogP contribution >= 0.6 is 11.3 Å². The maximum Gasteiger partial charge on any atom is 0.295 e. The number of nitrogens with zero attached hydrogens (tertiary/aromatic N) is 2. The Morgan fingerprint density at radius 1 is 1.42 bits per heavy atom. The fourth-order valence-electron chi connectivity index (χ4n) is 2.66. The zero-order valence-corrected chi connectivity index (χ0v) is 15.2. The summed E-state index contributed by atoms with van der Waals surface area (Å²) in [5.41, 5.74) is 0. The Labute approximate surface area is 149 Å². The second-order valence-corrected chi connectivity index (χ2v) is 6.83. The summed E-state index contributed by atoms with van der Waals surface area (Å²) in [5.74, 6) is 4.94. The van der Waals surface area contributed by atoms with Crippen LogP contribution in [-0.4, -0.2) is 68.2 Å². The van der Waals surface area contributed by atoms with Gasteiger partial charge >= 0.3 is 0 Å². The highest BCUT2D eigenvalue weighted by atomic mass is 32.1. The lowest BCUT2D eigenvalue weighted by Gasteiger charge is -2.30. The van der Waals surface area contributed by atoms with Crippen LogP contribution in [0, 0.1) is 11.8 Å². The third kappa shape index (κ3) is 7.45. The lowest BCUT2D eigenvalue weighted by atomic mass is 10.3. The van der Waals surface area contributed by atoms with Crippen LogP contribution in [0.1, 0.15) is 18.2 Å². The first kappa shape index (κ1) is 18.9. The Bertz CT molecular complexity index is 530. The molecule has 0 radical (unpaired) electrons. The second-order valence-electron chi connectivity index (χ2n) is 5.79. The van der Waals surface area contributed by atoms with Crippen molar-refractivity contribution in [3.63, 3.8) is 0 Å². The third-order valence-electron chi connectivity index (χ3n) is 3.97. The molecule has 1 fully saturated rings. The van der Waals surface area contributed by atoms with Gasteiger partial charge in [-0.3, -0.25) is 14.6 Å². The van der Waals surface area contributed by atoms with Crippen molar-refractivity contribution in [1.29, 1.82) is 0 Å². The van der Waals surface area contributed by atoms with Gasteiger partial charge in [0, 0.05) is 50.7 Å². The van der Waals surface area contributed by atoms with E-state index in [0.717, 1.165) is 58.9 Å². The van der Waals surface area contributed by atoms with Crippen molar-refractivity contribution >= 4 is 17.2 Å². The van der Waals surface area contributed by atoms with Gasteiger partial charge in [-0.05, 0) is 30.7 Å². The molecule has 0 unspecified atom stereocenters. The van der Waals surface area contributed by atoms with Crippen molar-refractivity contribution in [2.75, 3.05) is 52.5 Å². The largest absolute Gasteiger partial charge is 0.379 e. The SMILES string of the molecule is CC#CC(=O)NCCCN(CCN1CCOCC1)Cc1cccs1. The quantitative estimate of drug-likeness (QED) is 0.541. The average Bonchev–Trinajstić information content (AvgIpc) is 3.10. The molecular formula is C18H27N3O2S. The first-order valence-corrected chi connectivity index (χ1v) is 9.41. The Balaban J connectivity index is 1.73. The Hall–Kier alpha value is -1.39. The Morgan fingerprint density at radius 2 is 2.25 bits per heavy atom. The van der Waals surface area contributed by atoms with Crippen LogP contribution in [0.2, 0.25) is 0 Å². The zero-order valence-electron chi connectivity index (χ0n) is 14.4. The topological polar surface area (TPSA) is 44.8 Å². The van der Waals surface area contributed by atoms with Gasteiger partial charge in [-0.25, -0.2) is 0 Å². The summed E-state index contributed by atoms with van der Waals surface area (Å²) in [5, 5.41) is 4.96. The van der Waals surface area contributed by atoms with Gasteiger partial charge in [0.2, 0.25) is 0 Å². The van der Waals surface area contributed by atoms with Gasteiger partial charge in [-0.15, -0.1) is 11.3 Å². The fraction of sp³-hybridized carbons (Fsp3) is 0.611. The number of hydrogen-bond donors (Lipinski definition) is 1. The number of rotatable bonds is 9. The van der Waals surface area contributed by atoms with Crippen LogP contribution < -0.4 is 5.32 Å². The summed E-state index contributed by atoms with van der Waals surface area (Å²) in [6.07, 6.45) is 0.936. The standard InChI is InChI=1S/C18H27N3O2S/c1-2-5-18(22)19-7-4-8-21(16-17-6-3-15-24-17)10-9-20-11-13-23-14-12-20/h3,6,15H,4,7-14,16H2,1H3,(H,19,22). The summed E-state index contributed by atoms with van der Waals surface area (Å²) in [6, 6.07) is 4.29. The first-order chi connectivity index (χ1) is 11.8. The van der Waals surface area contributed by atoms with E-state index >= 15 is 0 Å². The molecule has 1 aliphatic rings. The summed E-state index contributed by atoms with van der Waals surface area (Å²) < 4.78 is 5.41. The molecule has 132 valence electrons. The van der Waals surface area contributed by atoms with E-state index < -0.39 is 0 Å². The van der Waals surface area contributed by atoms with E-state index in [-0.39, 0.29) is 5.91 Å². The lowest BCUT2D eigenvalue weighted by Crippen LogP contribution is -2.41. The normalized spacial score (nSPS) is 15.1. The average molecular weight is 350 g/mol. The lowest BCUT2D eigenvalue weighted by molar-refractivity contribution is -0.115. The van der Waals surface area contributed by atoms with Crippen LogP contribution in [0.3, 0.4) is 0 Å². The van der Waals surface area contributed by atoms with Gasteiger partial charge in [0.1, 0.15) is 0 Å². The van der Waals surface area contributed by atoms with Crippen molar-refractivity contribution in [3.05, 3.63) is 22.4 Å². The minimum atomic E-state index is -0.185. The van der Waals surface area contributed by atoms with Gasteiger partial charge in [-0.1, -0.05) is 12.0 Å². The molecule has 1 saturated heterocycles. The zero-order chi connectivity index (χ0) is 17.0. The predicted octanol–water partition coefficient (Wildman–Crippen LogP) is 1.41. The second kappa shape index (κ2) is 11.2. The molecule has 2 rings (SSSR count). The molecule has 0 bridgehead atoms. The van der Waals surface area contributed by atoms with E-state index in [1.54, 1.807) is 18.3 Å². The summed E-state index contributed by atoms with van der Waals surface area (Å²) in [7, 11) is 0. The highest BCUT2D eigenvalue weighted by Crippen LogP contribution is 2.12. The molecule has 1 aromatic rings. The van der Waals surface area contributed by atoms with Gasteiger partial charge < -0.3 is 10.1 Å². The van der Waals surface area contributed by atoms with Gasteiger partial charge in [0.25, 0.3) is 5.91 Å². The molecule has 0 aromatic carbocycles. The number of carbonyl (C=O) groups is 1. The molecule has 2 heterocycles. The van der Waals surface area contributed by atoms with E-state index in [1.807, 2.05) is 0 Å². The van der Waals surface area contributed by atoms with Crippen molar-refractivity contribution in [1.82, 2.24) is 15.1 Å². The molecule has 1 amide bonds. The number of hydrogen-bond acceptors (Lipinski definition) is 5. The highest BCUT2D eigenvalue weighted by Gasteiger charge is 2.13. The van der Waals surface area contributed by atoms with Crippen LogP contribution in [0.15, 0.2) is 17.5 Å². The molecule has 6 heteroatoms. The molecule has 0 atom stereocenters.